The van der Waals surface area contributed by atoms with E-state index >= 15 is 0 Å². The van der Waals surface area contributed by atoms with Gasteiger partial charge in [-0.2, -0.15) is 0 Å². The highest BCUT2D eigenvalue weighted by Gasteiger charge is 2.49. The van der Waals surface area contributed by atoms with E-state index < -0.39 is 46.8 Å². The molecule has 0 spiro atoms. The topological polar surface area (TPSA) is 135 Å². The predicted molar refractivity (Wildman–Crippen MR) is 108 cm³/mol. The van der Waals surface area contributed by atoms with E-state index in [0.717, 1.165) is 12.1 Å². The van der Waals surface area contributed by atoms with Crippen LogP contribution in [0.1, 0.15) is 15.9 Å². The molecule has 0 saturated carbocycles. The van der Waals surface area contributed by atoms with Crippen LogP contribution in [0, 0.1) is 5.82 Å². The van der Waals surface area contributed by atoms with Crippen molar-refractivity contribution in [3.05, 3.63) is 59.4 Å². The molecular formula is C20H17F4N5O4. The number of nitrogens with one attached hydrogen (secondary N) is 3. The summed E-state index contributed by atoms with van der Waals surface area (Å²) in [7, 11) is 1.37. The molecule has 0 saturated heterocycles. The fourth-order valence-corrected chi connectivity index (χ4v) is 3.26. The molecule has 9 nitrogen and oxygen atoms in total. The Hall–Kier alpha value is -4.00. The van der Waals surface area contributed by atoms with Crippen LogP contribution in [0.2, 0.25) is 0 Å². The Morgan fingerprint density at radius 2 is 1.79 bits per heavy atom. The maximum atomic E-state index is 14.1. The van der Waals surface area contributed by atoms with E-state index in [9.17, 15) is 31.9 Å². The molecule has 3 amide bonds. The van der Waals surface area contributed by atoms with Gasteiger partial charge in [-0.05, 0) is 29.8 Å². The van der Waals surface area contributed by atoms with E-state index in [0.29, 0.717) is 6.07 Å². The van der Waals surface area contributed by atoms with Gasteiger partial charge in [-0.25, -0.2) is 4.39 Å². The summed E-state index contributed by atoms with van der Waals surface area (Å²) in [6.45, 7) is -0.0303. The number of benzene rings is 2. The number of alkyl halides is 3. The lowest BCUT2D eigenvalue weighted by Gasteiger charge is -2.27. The number of amides is 3. The van der Waals surface area contributed by atoms with Gasteiger partial charge in [0.25, 0.3) is 11.8 Å². The third kappa shape index (κ3) is 4.77. The highest BCUT2D eigenvalue weighted by Crippen LogP contribution is 2.29. The van der Waals surface area contributed by atoms with Gasteiger partial charge in [0.05, 0.1) is 12.2 Å². The fraction of sp³-hybridized carbons (Fsp3) is 0.200. The van der Waals surface area contributed by atoms with Gasteiger partial charge in [0.2, 0.25) is 5.91 Å². The van der Waals surface area contributed by atoms with E-state index in [4.69, 9.17) is 5.73 Å². The zero-order valence-corrected chi connectivity index (χ0v) is 16.9. The number of ether oxygens (including phenoxy) is 1. The van der Waals surface area contributed by atoms with Crippen LogP contribution in [0.25, 0.3) is 0 Å². The van der Waals surface area contributed by atoms with E-state index in [2.05, 4.69) is 25.7 Å². The predicted octanol–water partition coefficient (Wildman–Crippen LogP) is 1.40. The molecule has 0 bridgehead atoms. The lowest BCUT2D eigenvalue weighted by atomic mass is 9.84. The Labute approximate surface area is 184 Å². The number of carbonyl (C=O) groups is 3. The number of anilines is 1. The maximum absolute atomic E-state index is 14.1. The summed E-state index contributed by atoms with van der Waals surface area (Å²) < 4.78 is 54.5. The molecular weight excluding hydrogens is 450 g/mol. The van der Waals surface area contributed by atoms with Crippen molar-refractivity contribution >= 4 is 29.1 Å². The second-order valence-corrected chi connectivity index (χ2v) is 6.76. The minimum absolute atomic E-state index is 0.0303. The van der Waals surface area contributed by atoms with Crippen molar-refractivity contribution in [2.75, 3.05) is 19.0 Å². The van der Waals surface area contributed by atoms with Gasteiger partial charge < -0.3 is 21.1 Å². The van der Waals surface area contributed by atoms with Gasteiger partial charge in [-0.15, -0.1) is 13.2 Å². The van der Waals surface area contributed by atoms with Crippen molar-refractivity contribution in [2.24, 2.45) is 10.7 Å². The Kier molecular flexibility index (Phi) is 6.35. The van der Waals surface area contributed by atoms with Gasteiger partial charge >= 0.3 is 6.36 Å². The minimum Gasteiger partial charge on any atom is -0.406 e. The zero-order chi connectivity index (χ0) is 24.4. The van der Waals surface area contributed by atoms with Crippen LogP contribution in [0.15, 0.2) is 47.5 Å². The first-order chi connectivity index (χ1) is 15.5. The number of rotatable bonds is 6. The quantitative estimate of drug-likeness (QED) is 0.477. The van der Waals surface area contributed by atoms with Crippen LogP contribution in [-0.2, 0) is 15.1 Å². The van der Waals surface area contributed by atoms with Crippen molar-refractivity contribution in [2.45, 2.75) is 11.9 Å². The van der Waals surface area contributed by atoms with E-state index in [1.54, 1.807) is 0 Å². The summed E-state index contributed by atoms with van der Waals surface area (Å²) in [5.74, 6) is -4.45. The third-order valence-corrected chi connectivity index (χ3v) is 4.74. The molecule has 0 aliphatic carbocycles. The van der Waals surface area contributed by atoms with Gasteiger partial charge in [0.1, 0.15) is 17.3 Å². The van der Waals surface area contributed by atoms with E-state index in [-0.39, 0.29) is 23.6 Å². The number of primary amides is 1. The molecule has 1 aliphatic rings. The standard InChI is InChI=1S/C20H17F4N5O4/c1-26-17(31)15-19(18(25)32,28-9-27-15)10-2-4-11(5-3-10)29-16(30)13-7-6-12(8-14(13)21)33-20(22,23)24/h2-8,28H,9H2,1H3,(H2,25,32)(H,26,31)(H,29,30). The first kappa shape index (κ1) is 23.7. The summed E-state index contributed by atoms with van der Waals surface area (Å²) in [5.41, 5.74) is 3.66. The summed E-state index contributed by atoms with van der Waals surface area (Å²) in [5, 5.41) is 7.56. The molecule has 0 aromatic heterocycles. The van der Waals surface area contributed by atoms with Crippen molar-refractivity contribution in [3.63, 3.8) is 0 Å². The monoisotopic (exact) mass is 467 g/mol. The van der Waals surface area contributed by atoms with Crippen LogP contribution in [0.3, 0.4) is 0 Å². The minimum atomic E-state index is -5.00. The molecule has 1 atom stereocenters. The number of nitrogens with two attached hydrogens (primary N) is 1. The average Bonchev–Trinajstić information content (AvgIpc) is 3.19. The highest BCUT2D eigenvalue weighted by atomic mass is 19.4. The van der Waals surface area contributed by atoms with Gasteiger partial charge in [0.15, 0.2) is 5.54 Å². The first-order valence-corrected chi connectivity index (χ1v) is 9.27. The van der Waals surface area contributed by atoms with Gasteiger partial charge in [0, 0.05) is 18.8 Å². The van der Waals surface area contributed by atoms with Crippen molar-refractivity contribution in [1.29, 1.82) is 0 Å². The molecule has 13 heteroatoms. The highest BCUT2D eigenvalue weighted by molar-refractivity contribution is 6.47. The fourth-order valence-electron chi connectivity index (χ4n) is 3.26. The summed E-state index contributed by atoms with van der Waals surface area (Å²) >= 11 is 0. The second-order valence-electron chi connectivity index (χ2n) is 6.76. The smallest absolute Gasteiger partial charge is 0.406 e. The Morgan fingerprint density at radius 3 is 2.33 bits per heavy atom. The molecule has 2 aromatic rings. The summed E-state index contributed by atoms with van der Waals surface area (Å²) in [6, 6.07) is 7.65. The van der Waals surface area contributed by atoms with Crippen LogP contribution in [0.4, 0.5) is 23.2 Å². The molecule has 1 aliphatic heterocycles. The number of hydrogen-bond acceptors (Lipinski definition) is 6. The van der Waals surface area contributed by atoms with Gasteiger partial charge in [-0.1, -0.05) is 12.1 Å². The van der Waals surface area contributed by atoms with Gasteiger partial charge in [-0.3, -0.25) is 24.7 Å². The van der Waals surface area contributed by atoms with Crippen LogP contribution in [0.5, 0.6) is 5.75 Å². The zero-order valence-electron chi connectivity index (χ0n) is 16.9. The molecule has 0 fully saturated rings. The SMILES string of the molecule is CNC(=O)C1=NCNC1(C(N)=O)c1ccc(NC(=O)c2ccc(OC(F)(F)F)cc2F)cc1. The third-order valence-electron chi connectivity index (χ3n) is 4.74. The number of carbonyl (C=O) groups excluding carboxylic acids is 3. The first-order valence-electron chi connectivity index (χ1n) is 9.27. The molecule has 2 aromatic carbocycles. The number of nitrogens with zero attached hydrogens (tertiary/aromatic N) is 1. The maximum Gasteiger partial charge on any atom is 0.573 e. The normalized spacial score (nSPS) is 17.8. The average molecular weight is 467 g/mol. The lowest BCUT2D eigenvalue weighted by Crippen LogP contribution is -2.58. The Bertz CT molecular complexity index is 1130. The largest absolute Gasteiger partial charge is 0.573 e. The van der Waals surface area contributed by atoms with Crippen molar-refractivity contribution < 1.29 is 36.7 Å². The van der Waals surface area contributed by atoms with Crippen LogP contribution >= 0.6 is 0 Å². The van der Waals surface area contributed by atoms with Crippen LogP contribution in [-0.4, -0.2) is 43.5 Å². The van der Waals surface area contributed by atoms with E-state index in [1.165, 1.54) is 31.3 Å². The molecule has 5 N–H and O–H groups in total. The molecule has 3 rings (SSSR count). The second kappa shape index (κ2) is 8.86. The molecule has 0 radical (unpaired) electrons. The number of hydrogen-bond donors (Lipinski definition) is 4. The number of halogens is 4. The van der Waals surface area contributed by atoms with E-state index in [1.807, 2.05) is 0 Å². The molecule has 1 heterocycles. The molecule has 174 valence electrons. The Morgan fingerprint density at radius 1 is 1.12 bits per heavy atom. The number of aliphatic imine (C=N–C) groups is 1. The van der Waals surface area contributed by atoms with Crippen molar-refractivity contribution in [1.82, 2.24) is 10.6 Å². The molecule has 1 unspecified atom stereocenters. The summed E-state index contributed by atoms with van der Waals surface area (Å²) in [6.07, 6.45) is -5.00. The van der Waals surface area contributed by atoms with Crippen molar-refractivity contribution in [3.8, 4) is 5.75 Å². The summed E-state index contributed by atoms with van der Waals surface area (Å²) in [4.78, 5) is 40.8. The van der Waals surface area contributed by atoms with Crippen LogP contribution < -0.4 is 26.4 Å². The molecule has 33 heavy (non-hydrogen) atoms. The lowest BCUT2D eigenvalue weighted by molar-refractivity contribution is -0.274. The Balaban J connectivity index is 1.81.